The lowest BCUT2D eigenvalue weighted by atomic mass is 9.97. The van der Waals surface area contributed by atoms with E-state index < -0.39 is 41.9 Å². The average Bonchev–Trinajstić information content (AvgIpc) is 3.41. The first kappa shape index (κ1) is 27.5. The topological polar surface area (TPSA) is 65.5 Å². The molecule has 0 aromatic heterocycles. The second-order valence-electron chi connectivity index (χ2n) is 9.67. The average molecular weight is 551 g/mol. The number of rotatable bonds is 8. The van der Waals surface area contributed by atoms with Gasteiger partial charge in [-0.15, -0.1) is 0 Å². The van der Waals surface area contributed by atoms with E-state index in [2.05, 4.69) is 10.0 Å². The monoisotopic (exact) mass is 550 g/mol. The lowest BCUT2D eigenvalue weighted by molar-refractivity contribution is -0.133. The molecule has 0 spiro atoms. The first-order valence-corrected chi connectivity index (χ1v) is 13.1. The highest BCUT2D eigenvalue weighted by atomic mass is 19.1. The highest BCUT2D eigenvalue weighted by molar-refractivity contribution is 6.04. The number of nitrogens with zero attached hydrogens (tertiary/aromatic N) is 4. The molecule has 10 heteroatoms. The van der Waals surface area contributed by atoms with Gasteiger partial charge < -0.3 is 9.64 Å². The maximum atomic E-state index is 14.9. The maximum Gasteiger partial charge on any atom is 0.262 e. The summed E-state index contributed by atoms with van der Waals surface area (Å²) >= 11 is 0. The third-order valence-corrected chi connectivity index (χ3v) is 7.12. The molecular weight excluding hydrogens is 521 g/mol. The van der Waals surface area contributed by atoms with Crippen molar-refractivity contribution in [3.63, 3.8) is 0 Å². The minimum absolute atomic E-state index is 0.0860. The molecule has 40 heavy (non-hydrogen) atoms. The minimum atomic E-state index is -0.840. The van der Waals surface area contributed by atoms with Crippen molar-refractivity contribution >= 4 is 17.5 Å². The number of benzene rings is 3. The van der Waals surface area contributed by atoms with E-state index in [0.29, 0.717) is 38.6 Å². The quantitative estimate of drug-likeness (QED) is 0.421. The third kappa shape index (κ3) is 6.08. The van der Waals surface area contributed by atoms with Gasteiger partial charge in [-0.3, -0.25) is 14.5 Å². The smallest absolute Gasteiger partial charge is 0.262 e. The highest BCUT2D eigenvalue weighted by Gasteiger charge is 2.36. The molecule has 0 unspecified atom stereocenters. The van der Waals surface area contributed by atoms with Crippen molar-refractivity contribution < 1.29 is 27.5 Å². The molecule has 0 N–H and O–H groups in total. The fourth-order valence-electron chi connectivity index (χ4n) is 4.97. The summed E-state index contributed by atoms with van der Waals surface area (Å²) in [6.45, 7) is 2.66. The van der Waals surface area contributed by atoms with Crippen LogP contribution in [-0.4, -0.2) is 78.3 Å². The number of carbonyl (C=O) groups is 2. The molecule has 208 valence electrons. The molecule has 7 nitrogen and oxygen atoms in total. The summed E-state index contributed by atoms with van der Waals surface area (Å²) in [4.78, 5) is 30.6. The SMILES string of the molecule is O=C(c1ccccc1F)N(CCN1CCOCC1)CC(=O)N1N=C(c2ccccc2F)C[C@@H]1c1ccccc1F. The van der Waals surface area contributed by atoms with Crippen molar-refractivity contribution in [2.75, 3.05) is 45.9 Å². The molecule has 0 saturated carbocycles. The van der Waals surface area contributed by atoms with Gasteiger partial charge in [-0.1, -0.05) is 48.5 Å². The van der Waals surface area contributed by atoms with E-state index in [0.717, 1.165) is 5.01 Å². The first-order valence-electron chi connectivity index (χ1n) is 13.1. The Balaban J connectivity index is 1.44. The largest absolute Gasteiger partial charge is 0.379 e. The van der Waals surface area contributed by atoms with E-state index >= 15 is 0 Å². The zero-order valence-corrected chi connectivity index (χ0v) is 21.8. The molecule has 2 amide bonds. The van der Waals surface area contributed by atoms with Gasteiger partial charge >= 0.3 is 0 Å². The Bertz CT molecular complexity index is 1410. The number of hydrogen-bond donors (Lipinski definition) is 0. The van der Waals surface area contributed by atoms with Crippen molar-refractivity contribution in [1.29, 1.82) is 0 Å². The fourth-order valence-corrected chi connectivity index (χ4v) is 4.97. The van der Waals surface area contributed by atoms with Crippen LogP contribution in [0, 0.1) is 17.5 Å². The molecule has 2 heterocycles. The molecule has 1 atom stereocenters. The summed E-state index contributed by atoms with van der Waals surface area (Å²) in [6, 6.07) is 16.8. The fraction of sp³-hybridized carbons (Fsp3) is 0.300. The van der Waals surface area contributed by atoms with Gasteiger partial charge in [0.15, 0.2) is 0 Å². The molecule has 5 rings (SSSR count). The van der Waals surface area contributed by atoms with Crippen LogP contribution in [0.4, 0.5) is 13.2 Å². The van der Waals surface area contributed by atoms with Gasteiger partial charge in [0.05, 0.1) is 30.5 Å². The number of morpholine rings is 1. The molecule has 1 saturated heterocycles. The van der Waals surface area contributed by atoms with Crippen molar-refractivity contribution in [1.82, 2.24) is 14.8 Å². The molecule has 0 radical (unpaired) electrons. The molecule has 2 aliphatic heterocycles. The Hall–Kier alpha value is -4.02. The zero-order chi connectivity index (χ0) is 28.1. The molecule has 1 fully saturated rings. The number of hydrazone groups is 1. The Morgan fingerprint density at radius 2 is 1.52 bits per heavy atom. The van der Waals surface area contributed by atoms with Crippen LogP contribution in [-0.2, 0) is 9.53 Å². The first-order chi connectivity index (χ1) is 19.4. The standard InChI is InChI=1S/C30H29F3N4O3/c31-24-10-4-1-7-21(24)27-19-28(22-8-2-5-11-25(22)32)37(34-27)29(38)20-36(14-13-35-15-17-40-18-16-35)30(39)23-9-3-6-12-26(23)33/h1-12,28H,13-20H2/t28-/m1/s1. The zero-order valence-electron chi connectivity index (χ0n) is 21.8. The lowest BCUT2D eigenvalue weighted by Crippen LogP contribution is -2.46. The molecule has 0 bridgehead atoms. The predicted octanol–water partition coefficient (Wildman–Crippen LogP) is 4.26. The van der Waals surface area contributed by atoms with Gasteiger partial charge in [-0.25, -0.2) is 18.2 Å². The number of hydrogen-bond acceptors (Lipinski definition) is 5. The van der Waals surface area contributed by atoms with Crippen LogP contribution in [0.15, 0.2) is 77.9 Å². The van der Waals surface area contributed by atoms with E-state index in [4.69, 9.17) is 4.74 Å². The van der Waals surface area contributed by atoms with Crippen LogP contribution >= 0.6 is 0 Å². The van der Waals surface area contributed by atoms with E-state index in [9.17, 15) is 22.8 Å². The minimum Gasteiger partial charge on any atom is -0.379 e. The highest BCUT2D eigenvalue weighted by Crippen LogP contribution is 2.34. The van der Waals surface area contributed by atoms with E-state index in [1.54, 1.807) is 42.5 Å². The Morgan fingerprint density at radius 1 is 0.875 bits per heavy atom. The Labute approximate surface area is 230 Å². The van der Waals surface area contributed by atoms with Crippen molar-refractivity contribution in [3.05, 3.63) is 107 Å². The van der Waals surface area contributed by atoms with E-state index in [1.807, 2.05) is 0 Å². The molecule has 3 aromatic rings. The number of ether oxygens (including phenoxy) is 1. The van der Waals surface area contributed by atoms with Gasteiger partial charge in [0.1, 0.15) is 24.0 Å². The normalized spacial score (nSPS) is 17.5. The van der Waals surface area contributed by atoms with Crippen LogP contribution in [0.1, 0.15) is 33.9 Å². The third-order valence-electron chi connectivity index (χ3n) is 7.12. The van der Waals surface area contributed by atoms with Crippen molar-refractivity contribution in [2.24, 2.45) is 5.10 Å². The second-order valence-corrected chi connectivity index (χ2v) is 9.67. The van der Waals surface area contributed by atoms with Crippen LogP contribution in [0.2, 0.25) is 0 Å². The number of halogens is 3. The van der Waals surface area contributed by atoms with Crippen molar-refractivity contribution in [3.8, 4) is 0 Å². The number of carbonyl (C=O) groups excluding carboxylic acids is 2. The van der Waals surface area contributed by atoms with E-state index in [-0.39, 0.29) is 29.7 Å². The van der Waals surface area contributed by atoms with Gasteiger partial charge in [-0.05, 0) is 24.3 Å². The van der Waals surface area contributed by atoms with Crippen LogP contribution < -0.4 is 0 Å². The summed E-state index contributed by atoms with van der Waals surface area (Å²) in [5.74, 6) is -2.96. The maximum absolute atomic E-state index is 14.9. The van der Waals surface area contributed by atoms with Gasteiger partial charge in [-0.2, -0.15) is 5.10 Å². The van der Waals surface area contributed by atoms with Gasteiger partial charge in [0, 0.05) is 43.7 Å². The summed E-state index contributed by atoms with van der Waals surface area (Å²) < 4.78 is 49.5. The molecule has 0 aliphatic carbocycles. The summed E-state index contributed by atoms with van der Waals surface area (Å²) in [6.07, 6.45) is 0.0860. The lowest BCUT2D eigenvalue weighted by Gasteiger charge is -2.31. The predicted molar refractivity (Wildman–Crippen MR) is 143 cm³/mol. The van der Waals surface area contributed by atoms with Crippen LogP contribution in [0.5, 0.6) is 0 Å². The summed E-state index contributed by atoms with van der Waals surface area (Å²) in [7, 11) is 0. The summed E-state index contributed by atoms with van der Waals surface area (Å²) in [5, 5.41) is 5.55. The Morgan fingerprint density at radius 3 is 2.23 bits per heavy atom. The van der Waals surface area contributed by atoms with Gasteiger partial charge in [0.25, 0.3) is 11.8 Å². The van der Waals surface area contributed by atoms with Crippen LogP contribution in [0.25, 0.3) is 0 Å². The van der Waals surface area contributed by atoms with Crippen LogP contribution in [0.3, 0.4) is 0 Å². The van der Waals surface area contributed by atoms with Gasteiger partial charge in [0.2, 0.25) is 0 Å². The molecule has 2 aliphatic rings. The Kier molecular flexibility index (Phi) is 8.57. The second kappa shape index (κ2) is 12.4. The summed E-state index contributed by atoms with van der Waals surface area (Å²) in [5.41, 5.74) is 0.580. The number of amides is 2. The van der Waals surface area contributed by atoms with E-state index in [1.165, 1.54) is 35.2 Å². The molecular formula is C30H29F3N4O3. The van der Waals surface area contributed by atoms with Crippen molar-refractivity contribution in [2.45, 2.75) is 12.5 Å². The molecule has 3 aromatic carbocycles.